The van der Waals surface area contributed by atoms with E-state index in [2.05, 4.69) is 29.2 Å². The summed E-state index contributed by atoms with van der Waals surface area (Å²) in [6, 6.07) is 8.47. The Morgan fingerprint density at radius 3 is 2.80 bits per heavy atom. The second-order valence-electron chi connectivity index (χ2n) is 8.13. The zero-order chi connectivity index (χ0) is 17.1. The van der Waals surface area contributed by atoms with Gasteiger partial charge in [0.2, 0.25) is 0 Å². The zero-order valence-corrected chi connectivity index (χ0v) is 15.4. The maximum atomic E-state index is 6.16. The fourth-order valence-corrected chi connectivity index (χ4v) is 4.43. The van der Waals surface area contributed by atoms with Crippen LogP contribution in [0.3, 0.4) is 0 Å². The van der Waals surface area contributed by atoms with Crippen molar-refractivity contribution < 1.29 is 14.2 Å². The molecular weight excluding hydrogens is 314 g/mol. The Morgan fingerprint density at radius 1 is 1.20 bits per heavy atom. The van der Waals surface area contributed by atoms with Gasteiger partial charge in [0.1, 0.15) is 5.75 Å². The normalized spacial score (nSPS) is 30.0. The van der Waals surface area contributed by atoms with Crippen molar-refractivity contribution in [1.29, 1.82) is 0 Å². The summed E-state index contributed by atoms with van der Waals surface area (Å²) in [6.45, 7) is 5.95. The number of ether oxygens (including phenoxy) is 3. The maximum Gasteiger partial charge on any atom is 0.118 e. The number of benzene rings is 1. The zero-order valence-electron chi connectivity index (χ0n) is 15.4. The van der Waals surface area contributed by atoms with E-state index in [0.29, 0.717) is 6.10 Å². The first-order valence-electron chi connectivity index (χ1n) is 9.82. The highest BCUT2D eigenvalue weighted by molar-refractivity contribution is 5.27. The lowest BCUT2D eigenvalue weighted by atomic mass is 9.73. The Labute approximate surface area is 151 Å². The van der Waals surface area contributed by atoms with Crippen LogP contribution >= 0.6 is 0 Å². The van der Waals surface area contributed by atoms with Gasteiger partial charge in [0.05, 0.1) is 19.8 Å². The highest BCUT2D eigenvalue weighted by Crippen LogP contribution is 2.41. The average molecular weight is 345 g/mol. The fourth-order valence-electron chi connectivity index (χ4n) is 4.43. The van der Waals surface area contributed by atoms with Gasteiger partial charge in [-0.2, -0.15) is 0 Å². The van der Waals surface area contributed by atoms with E-state index in [9.17, 15) is 0 Å². The van der Waals surface area contributed by atoms with Gasteiger partial charge in [-0.05, 0) is 55.7 Å². The number of methoxy groups -OCH3 is 1. The number of rotatable bonds is 7. The van der Waals surface area contributed by atoms with Crippen molar-refractivity contribution >= 4 is 0 Å². The van der Waals surface area contributed by atoms with E-state index >= 15 is 0 Å². The van der Waals surface area contributed by atoms with Crippen LogP contribution in [0, 0.1) is 11.3 Å². The lowest BCUT2D eigenvalue weighted by molar-refractivity contribution is -0.154. The third-order valence-electron chi connectivity index (χ3n) is 6.07. The van der Waals surface area contributed by atoms with Crippen molar-refractivity contribution in [2.24, 2.45) is 11.3 Å². The molecule has 1 saturated carbocycles. The summed E-state index contributed by atoms with van der Waals surface area (Å²) in [5.74, 6) is 1.76. The number of likely N-dealkylation sites (tertiary alicyclic amines) is 1. The minimum Gasteiger partial charge on any atom is -0.497 e. The Morgan fingerprint density at radius 2 is 2.04 bits per heavy atom. The molecule has 138 valence electrons. The Bertz CT molecular complexity index is 557. The molecule has 0 spiro atoms. The third kappa shape index (κ3) is 4.18. The summed E-state index contributed by atoms with van der Waals surface area (Å²) in [4.78, 5) is 2.59. The van der Waals surface area contributed by atoms with Gasteiger partial charge in [-0.25, -0.2) is 0 Å². The molecule has 0 aromatic heterocycles. The topological polar surface area (TPSA) is 30.9 Å². The van der Waals surface area contributed by atoms with Crippen molar-refractivity contribution in [1.82, 2.24) is 4.90 Å². The summed E-state index contributed by atoms with van der Waals surface area (Å²) in [7, 11) is 1.72. The van der Waals surface area contributed by atoms with Crippen LogP contribution in [0.5, 0.6) is 5.75 Å². The van der Waals surface area contributed by atoms with E-state index in [1.807, 2.05) is 0 Å². The minimum absolute atomic E-state index is 0.192. The van der Waals surface area contributed by atoms with Crippen molar-refractivity contribution in [3.63, 3.8) is 0 Å². The van der Waals surface area contributed by atoms with Crippen LogP contribution in [0.15, 0.2) is 24.3 Å². The van der Waals surface area contributed by atoms with Crippen LogP contribution in [0.1, 0.15) is 37.7 Å². The predicted molar refractivity (Wildman–Crippen MR) is 97.8 cm³/mol. The minimum atomic E-state index is 0.192. The molecule has 1 aliphatic carbocycles. The molecule has 2 heterocycles. The molecule has 1 aromatic carbocycles. The van der Waals surface area contributed by atoms with E-state index in [4.69, 9.17) is 14.2 Å². The second-order valence-corrected chi connectivity index (χ2v) is 8.13. The molecule has 3 aliphatic rings. The van der Waals surface area contributed by atoms with Crippen LogP contribution < -0.4 is 4.74 Å². The van der Waals surface area contributed by atoms with E-state index in [1.54, 1.807) is 7.11 Å². The third-order valence-corrected chi connectivity index (χ3v) is 6.07. The van der Waals surface area contributed by atoms with E-state index in [0.717, 1.165) is 57.5 Å². The van der Waals surface area contributed by atoms with Crippen LogP contribution in [-0.2, 0) is 16.0 Å². The molecule has 2 saturated heterocycles. The molecule has 2 atom stereocenters. The average Bonchev–Trinajstić information content (AvgIpc) is 3.46. The quantitative estimate of drug-likeness (QED) is 0.757. The predicted octanol–water partition coefficient (Wildman–Crippen LogP) is 3.49. The van der Waals surface area contributed by atoms with Crippen LogP contribution in [0.2, 0.25) is 0 Å². The molecule has 0 N–H and O–H groups in total. The van der Waals surface area contributed by atoms with E-state index in [1.165, 1.54) is 31.2 Å². The van der Waals surface area contributed by atoms with Crippen LogP contribution in [0.4, 0.5) is 0 Å². The smallest absolute Gasteiger partial charge is 0.118 e. The standard InChI is InChI=1S/C21H31NO3/c1-23-19-7-5-17(6-8-19)13-22-11-9-20-21(15-22,10-2-12-25-20)16-24-14-18-3-4-18/h5-8,18,20H,2-4,9-16H2,1H3/t20-,21-/m1/s1. The number of piperidine rings is 1. The van der Waals surface area contributed by atoms with E-state index in [-0.39, 0.29) is 5.41 Å². The van der Waals surface area contributed by atoms with Gasteiger partial charge in [-0.15, -0.1) is 0 Å². The molecule has 0 bridgehead atoms. The van der Waals surface area contributed by atoms with Gasteiger partial charge >= 0.3 is 0 Å². The van der Waals surface area contributed by atoms with Gasteiger partial charge in [0, 0.05) is 38.3 Å². The Balaban J connectivity index is 1.39. The van der Waals surface area contributed by atoms with Crippen molar-refractivity contribution in [3.05, 3.63) is 29.8 Å². The lowest BCUT2D eigenvalue weighted by Gasteiger charge is -2.50. The first-order valence-corrected chi connectivity index (χ1v) is 9.82. The van der Waals surface area contributed by atoms with Crippen LogP contribution in [-0.4, -0.2) is 51.0 Å². The molecule has 4 nitrogen and oxygen atoms in total. The molecule has 0 unspecified atom stereocenters. The molecule has 0 amide bonds. The lowest BCUT2D eigenvalue weighted by Crippen LogP contribution is -2.56. The first kappa shape index (κ1) is 17.3. The summed E-state index contributed by atoms with van der Waals surface area (Å²) in [6.07, 6.45) is 6.63. The SMILES string of the molecule is COc1ccc(CN2CC[C@H]3OCCC[C@]3(COCC3CC3)C2)cc1. The monoisotopic (exact) mass is 345 g/mol. The Kier molecular flexibility index (Phi) is 5.30. The molecular formula is C21H31NO3. The molecule has 0 radical (unpaired) electrons. The largest absolute Gasteiger partial charge is 0.497 e. The summed E-state index contributed by atoms with van der Waals surface area (Å²) < 4.78 is 17.6. The molecule has 1 aromatic rings. The molecule has 2 aliphatic heterocycles. The number of hydrogen-bond acceptors (Lipinski definition) is 4. The number of nitrogens with zero attached hydrogens (tertiary/aromatic N) is 1. The van der Waals surface area contributed by atoms with Gasteiger partial charge in [-0.3, -0.25) is 4.90 Å². The highest BCUT2D eigenvalue weighted by atomic mass is 16.5. The van der Waals surface area contributed by atoms with E-state index < -0.39 is 0 Å². The summed E-state index contributed by atoms with van der Waals surface area (Å²) >= 11 is 0. The van der Waals surface area contributed by atoms with Gasteiger partial charge in [0.15, 0.2) is 0 Å². The van der Waals surface area contributed by atoms with Crippen molar-refractivity contribution in [2.75, 3.05) is 40.0 Å². The maximum absolute atomic E-state index is 6.16. The molecule has 4 rings (SSSR count). The fraction of sp³-hybridized carbons (Fsp3) is 0.714. The van der Waals surface area contributed by atoms with Crippen molar-refractivity contribution in [2.45, 2.75) is 44.8 Å². The number of fused-ring (bicyclic) bond motifs is 1. The van der Waals surface area contributed by atoms with Gasteiger partial charge in [-0.1, -0.05) is 12.1 Å². The summed E-state index contributed by atoms with van der Waals surface area (Å²) in [5, 5.41) is 0. The second kappa shape index (κ2) is 7.65. The number of hydrogen-bond donors (Lipinski definition) is 0. The van der Waals surface area contributed by atoms with Gasteiger partial charge in [0.25, 0.3) is 0 Å². The molecule has 3 fully saturated rings. The molecule has 25 heavy (non-hydrogen) atoms. The van der Waals surface area contributed by atoms with Gasteiger partial charge < -0.3 is 14.2 Å². The first-order chi connectivity index (χ1) is 12.3. The summed E-state index contributed by atoms with van der Waals surface area (Å²) in [5.41, 5.74) is 1.54. The highest BCUT2D eigenvalue weighted by Gasteiger charge is 2.46. The molecule has 4 heteroatoms. The van der Waals surface area contributed by atoms with Crippen molar-refractivity contribution in [3.8, 4) is 5.75 Å². The Hall–Kier alpha value is -1.10. The van der Waals surface area contributed by atoms with Crippen LogP contribution in [0.25, 0.3) is 0 Å².